The first kappa shape index (κ1) is 25.9. The molecule has 210 valence electrons. The van der Waals surface area contributed by atoms with E-state index < -0.39 is 5.60 Å². The molecule has 0 atom stereocenters. The van der Waals surface area contributed by atoms with Gasteiger partial charge in [0.2, 0.25) is 5.89 Å². The number of oxazole rings is 1. The first-order valence-corrected chi connectivity index (χ1v) is 14.0. The lowest BCUT2D eigenvalue weighted by molar-refractivity contribution is -0.0315. The van der Waals surface area contributed by atoms with Crippen molar-refractivity contribution in [3.63, 3.8) is 0 Å². The molecule has 2 aliphatic carbocycles. The SMILES string of the molecule is Cc1c(F)c(CNCC2(O)CCC2)cc2nc(-c3cc(-c4ccc(F)cc4-c4nncn4C)cc(C4CC4)n3)oc12. The molecular weight excluding hydrogens is 526 g/mol. The summed E-state index contributed by atoms with van der Waals surface area (Å²) in [6.07, 6.45) is 6.20. The van der Waals surface area contributed by atoms with Crippen LogP contribution in [-0.2, 0) is 13.6 Å². The maximum atomic E-state index is 15.3. The highest BCUT2D eigenvalue weighted by molar-refractivity contribution is 5.84. The average molecular weight is 557 g/mol. The third-order valence-electron chi connectivity index (χ3n) is 8.27. The standard InChI is InChI=1S/C31H30F2N6O2/c1-17-27(33)20(14-34-15-31(40)8-3-9-31)12-25-28(17)41-30(37-25)26-11-19(10-24(36-26)18-4-5-18)22-7-6-21(32)13-23(22)29-38-35-16-39(29)2/h6-7,10-13,16,18,34,40H,3-5,8-9,14-15H2,1-2H3. The summed E-state index contributed by atoms with van der Waals surface area (Å²) in [5, 5.41) is 21.7. The summed E-state index contributed by atoms with van der Waals surface area (Å²) >= 11 is 0. The summed E-state index contributed by atoms with van der Waals surface area (Å²) in [7, 11) is 1.82. The molecule has 0 saturated heterocycles. The van der Waals surface area contributed by atoms with Crippen LogP contribution in [0, 0.1) is 18.6 Å². The molecular formula is C31H30F2N6O2. The van der Waals surface area contributed by atoms with Gasteiger partial charge < -0.3 is 19.4 Å². The number of aromatic nitrogens is 5. The largest absolute Gasteiger partial charge is 0.434 e. The fourth-order valence-electron chi connectivity index (χ4n) is 5.58. The maximum Gasteiger partial charge on any atom is 0.246 e. The number of nitrogens with zero attached hydrogens (tertiary/aromatic N) is 5. The summed E-state index contributed by atoms with van der Waals surface area (Å²) in [4.78, 5) is 9.61. The van der Waals surface area contributed by atoms with Gasteiger partial charge in [-0.05, 0) is 80.5 Å². The van der Waals surface area contributed by atoms with Crippen LogP contribution in [-0.4, -0.2) is 42.0 Å². The Hall–Kier alpha value is -4.02. The van der Waals surface area contributed by atoms with Crippen LogP contribution in [0.1, 0.15) is 54.8 Å². The Morgan fingerprint density at radius 2 is 1.93 bits per heavy atom. The zero-order chi connectivity index (χ0) is 28.3. The zero-order valence-electron chi connectivity index (χ0n) is 22.9. The number of fused-ring (bicyclic) bond motifs is 1. The summed E-state index contributed by atoms with van der Waals surface area (Å²) in [5.41, 5.74) is 4.74. The van der Waals surface area contributed by atoms with Crippen molar-refractivity contribution < 1.29 is 18.3 Å². The number of nitrogens with one attached hydrogen (secondary N) is 1. The number of rotatable bonds is 8. The van der Waals surface area contributed by atoms with Crippen LogP contribution < -0.4 is 5.32 Å². The van der Waals surface area contributed by atoms with Gasteiger partial charge in [-0.25, -0.2) is 18.7 Å². The van der Waals surface area contributed by atoms with E-state index in [2.05, 4.69) is 15.5 Å². The zero-order valence-corrected chi connectivity index (χ0v) is 22.9. The van der Waals surface area contributed by atoms with Gasteiger partial charge in [0.15, 0.2) is 11.4 Å². The number of hydrogen-bond donors (Lipinski definition) is 2. The Labute approximate surface area is 235 Å². The van der Waals surface area contributed by atoms with Gasteiger partial charge in [0.1, 0.15) is 29.2 Å². The van der Waals surface area contributed by atoms with Crippen LogP contribution in [0.15, 0.2) is 47.1 Å². The second kappa shape index (κ2) is 9.81. The van der Waals surface area contributed by atoms with Crippen molar-refractivity contribution >= 4 is 11.1 Å². The van der Waals surface area contributed by atoms with E-state index in [9.17, 15) is 9.50 Å². The van der Waals surface area contributed by atoms with E-state index in [1.165, 1.54) is 12.1 Å². The van der Waals surface area contributed by atoms with Crippen LogP contribution in [0.3, 0.4) is 0 Å². The van der Waals surface area contributed by atoms with E-state index in [0.717, 1.165) is 48.9 Å². The molecule has 0 spiro atoms. The second-order valence-corrected chi connectivity index (χ2v) is 11.4. The minimum Gasteiger partial charge on any atom is -0.434 e. The lowest BCUT2D eigenvalue weighted by Crippen LogP contribution is -2.46. The molecule has 41 heavy (non-hydrogen) atoms. The van der Waals surface area contributed by atoms with E-state index >= 15 is 4.39 Å². The van der Waals surface area contributed by atoms with Gasteiger partial charge in [0.25, 0.3) is 0 Å². The van der Waals surface area contributed by atoms with Crippen LogP contribution in [0.2, 0.25) is 0 Å². The number of halogens is 2. The molecule has 3 aromatic heterocycles. The molecule has 5 aromatic rings. The molecule has 2 aliphatic rings. The average Bonchev–Trinajstić information content (AvgIpc) is 3.57. The number of pyridine rings is 1. The molecule has 0 unspecified atom stereocenters. The summed E-state index contributed by atoms with van der Waals surface area (Å²) in [6, 6.07) is 10.2. The van der Waals surface area contributed by atoms with Crippen LogP contribution in [0.4, 0.5) is 8.78 Å². The predicted octanol–water partition coefficient (Wildman–Crippen LogP) is 5.82. The lowest BCUT2D eigenvalue weighted by Gasteiger charge is -2.36. The van der Waals surface area contributed by atoms with Crippen molar-refractivity contribution in [2.45, 2.75) is 57.1 Å². The van der Waals surface area contributed by atoms with Gasteiger partial charge in [-0.1, -0.05) is 6.07 Å². The molecule has 2 N–H and O–H groups in total. The van der Waals surface area contributed by atoms with Crippen molar-refractivity contribution in [3.8, 4) is 34.1 Å². The molecule has 0 radical (unpaired) electrons. The first-order chi connectivity index (χ1) is 19.8. The van der Waals surface area contributed by atoms with Crippen LogP contribution in [0.5, 0.6) is 0 Å². The van der Waals surface area contributed by atoms with E-state index in [-0.39, 0.29) is 18.2 Å². The molecule has 10 heteroatoms. The molecule has 8 nitrogen and oxygen atoms in total. The molecule has 2 fully saturated rings. The Kier molecular flexibility index (Phi) is 6.20. The molecule has 0 aliphatic heterocycles. The molecule has 7 rings (SSSR count). The third-order valence-corrected chi connectivity index (χ3v) is 8.27. The van der Waals surface area contributed by atoms with Crippen LogP contribution >= 0.6 is 0 Å². The van der Waals surface area contributed by atoms with E-state index in [0.29, 0.717) is 57.7 Å². The van der Waals surface area contributed by atoms with E-state index in [4.69, 9.17) is 14.4 Å². The lowest BCUT2D eigenvalue weighted by atomic mass is 9.80. The minimum absolute atomic E-state index is 0.280. The summed E-state index contributed by atoms with van der Waals surface area (Å²) in [5.74, 6) is 0.450. The maximum absolute atomic E-state index is 15.3. The number of benzene rings is 2. The molecule has 2 aromatic carbocycles. The third kappa shape index (κ3) is 4.81. The second-order valence-electron chi connectivity index (χ2n) is 11.4. The van der Waals surface area contributed by atoms with Gasteiger partial charge in [-0.15, -0.1) is 10.2 Å². The Bertz CT molecular complexity index is 1790. The fourth-order valence-corrected chi connectivity index (χ4v) is 5.58. The highest BCUT2D eigenvalue weighted by Crippen LogP contribution is 2.43. The quantitative estimate of drug-likeness (QED) is 0.248. The van der Waals surface area contributed by atoms with Gasteiger partial charge in [-0.3, -0.25) is 0 Å². The van der Waals surface area contributed by atoms with Crippen molar-refractivity contribution in [2.24, 2.45) is 7.05 Å². The number of hydrogen-bond acceptors (Lipinski definition) is 7. The summed E-state index contributed by atoms with van der Waals surface area (Å²) in [6.45, 7) is 2.39. The molecule has 2 saturated carbocycles. The van der Waals surface area contributed by atoms with Gasteiger partial charge in [-0.2, -0.15) is 0 Å². The van der Waals surface area contributed by atoms with Crippen molar-refractivity contribution in [1.82, 2.24) is 30.0 Å². The molecule has 0 amide bonds. The van der Waals surface area contributed by atoms with Gasteiger partial charge >= 0.3 is 0 Å². The molecule has 3 heterocycles. The first-order valence-electron chi connectivity index (χ1n) is 14.0. The van der Waals surface area contributed by atoms with Crippen molar-refractivity contribution in [1.29, 1.82) is 0 Å². The smallest absolute Gasteiger partial charge is 0.246 e. The van der Waals surface area contributed by atoms with E-state index in [1.807, 2.05) is 19.2 Å². The molecule has 0 bridgehead atoms. The predicted molar refractivity (Wildman–Crippen MR) is 150 cm³/mol. The minimum atomic E-state index is -0.691. The Balaban J connectivity index is 1.28. The normalized spacial score (nSPS) is 16.3. The van der Waals surface area contributed by atoms with Gasteiger partial charge in [0.05, 0.1) is 5.60 Å². The van der Waals surface area contributed by atoms with E-state index in [1.54, 1.807) is 30.0 Å². The van der Waals surface area contributed by atoms with Crippen molar-refractivity contribution in [3.05, 3.63) is 71.2 Å². The number of aliphatic hydroxyl groups is 1. The monoisotopic (exact) mass is 556 g/mol. The summed E-state index contributed by atoms with van der Waals surface area (Å²) < 4.78 is 37.6. The van der Waals surface area contributed by atoms with Crippen LogP contribution in [0.25, 0.3) is 45.2 Å². The highest BCUT2D eigenvalue weighted by Gasteiger charge is 2.34. The topological polar surface area (TPSA) is 102 Å². The van der Waals surface area contributed by atoms with Crippen molar-refractivity contribution in [2.75, 3.05) is 6.54 Å². The van der Waals surface area contributed by atoms with Gasteiger partial charge in [0, 0.05) is 48.4 Å². The number of aryl methyl sites for hydroxylation is 2. The Morgan fingerprint density at radius 1 is 1.10 bits per heavy atom. The Morgan fingerprint density at radius 3 is 2.63 bits per heavy atom. The fraction of sp³-hybridized carbons (Fsp3) is 0.355. The highest BCUT2D eigenvalue weighted by atomic mass is 19.1.